The van der Waals surface area contributed by atoms with Crippen molar-refractivity contribution >= 4 is 15.9 Å². The van der Waals surface area contributed by atoms with Crippen LogP contribution >= 0.6 is 15.9 Å². The zero-order valence-electron chi connectivity index (χ0n) is 12.2. The van der Waals surface area contributed by atoms with E-state index in [2.05, 4.69) is 34.9 Å². The first-order chi connectivity index (χ1) is 9.45. The van der Waals surface area contributed by atoms with Crippen molar-refractivity contribution in [3.8, 4) is 5.75 Å². The normalized spacial score (nSPS) is 12.8. The van der Waals surface area contributed by atoms with E-state index in [0.29, 0.717) is 0 Å². The molecular formula is C15H20BrN3O. The lowest BCUT2D eigenvalue weighted by Gasteiger charge is -2.19. The minimum Gasteiger partial charge on any atom is -0.496 e. The molecule has 0 saturated heterocycles. The van der Waals surface area contributed by atoms with Gasteiger partial charge in [0, 0.05) is 6.04 Å². The van der Waals surface area contributed by atoms with Crippen molar-refractivity contribution in [2.75, 3.05) is 7.11 Å². The molecule has 5 heteroatoms. The highest BCUT2D eigenvalue weighted by Gasteiger charge is 2.20. The predicted octanol–water partition coefficient (Wildman–Crippen LogP) is 3.59. The molecule has 0 aliphatic rings. The Morgan fingerprint density at radius 1 is 1.35 bits per heavy atom. The van der Waals surface area contributed by atoms with Gasteiger partial charge in [0.2, 0.25) is 0 Å². The zero-order valence-corrected chi connectivity index (χ0v) is 13.8. The van der Waals surface area contributed by atoms with Crippen LogP contribution in [-0.2, 0) is 0 Å². The number of nitrogens with two attached hydrogens (primary N) is 1. The van der Waals surface area contributed by atoms with E-state index < -0.39 is 0 Å². The zero-order chi connectivity index (χ0) is 14.9. The van der Waals surface area contributed by atoms with Crippen LogP contribution in [0.25, 0.3) is 0 Å². The first kappa shape index (κ1) is 15.1. The summed E-state index contributed by atoms with van der Waals surface area (Å²) < 4.78 is 8.25. The summed E-state index contributed by atoms with van der Waals surface area (Å²) >= 11 is 3.54. The quantitative estimate of drug-likeness (QED) is 0.927. The minimum atomic E-state index is -0.247. The van der Waals surface area contributed by atoms with Gasteiger partial charge in [0.1, 0.15) is 5.75 Å². The fraction of sp³-hybridized carbons (Fsp3) is 0.400. The highest BCUT2D eigenvalue weighted by Crippen LogP contribution is 2.31. The second kappa shape index (κ2) is 5.97. The van der Waals surface area contributed by atoms with Crippen LogP contribution in [0.2, 0.25) is 0 Å². The SMILES string of the molecule is COc1cc(C(N)c2c(Br)cnn2C(C)C)ccc1C. The van der Waals surface area contributed by atoms with Gasteiger partial charge in [-0.2, -0.15) is 5.10 Å². The highest BCUT2D eigenvalue weighted by molar-refractivity contribution is 9.10. The molecule has 0 radical (unpaired) electrons. The number of aromatic nitrogens is 2. The van der Waals surface area contributed by atoms with Crippen LogP contribution in [0.4, 0.5) is 0 Å². The Morgan fingerprint density at radius 3 is 2.65 bits per heavy atom. The molecule has 0 bridgehead atoms. The molecule has 2 aromatic rings. The van der Waals surface area contributed by atoms with Gasteiger partial charge in [0.05, 0.1) is 29.5 Å². The highest BCUT2D eigenvalue weighted by atomic mass is 79.9. The summed E-state index contributed by atoms with van der Waals surface area (Å²) in [6, 6.07) is 6.06. The molecule has 0 spiro atoms. The summed E-state index contributed by atoms with van der Waals surface area (Å²) in [4.78, 5) is 0. The first-order valence-electron chi connectivity index (χ1n) is 6.58. The fourth-order valence-corrected chi connectivity index (χ4v) is 2.76. The van der Waals surface area contributed by atoms with Crippen LogP contribution in [-0.4, -0.2) is 16.9 Å². The Bertz CT molecular complexity index is 607. The predicted molar refractivity (Wildman–Crippen MR) is 84.1 cm³/mol. The van der Waals surface area contributed by atoms with Gasteiger partial charge in [0.25, 0.3) is 0 Å². The lowest BCUT2D eigenvalue weighted by molar-refractivity contribution is 0.410. The summed E-state index contributed by atoms with van der Waals surface area (Å²) in [5, 5.41) is 4.38. The maximum Gasteiger partial charge on any atom is 0.122 e. The number of methoxy groups -OCH3 is 1. The molecule has 1 aromatic carbocycles. The van der Waals surface area contributed by atoms with Crippen molar-refractivity contribution < 1.29 is 4.74 Å². The molecule has 1 unspecified atom stereocenters. The molecule has 2 rings (SSSR count). The Hall–Kier alpha value is -1.33. The van der Waals surface area contributed by atoms with Gasteiger partial charge in [-0.1, -0.05) is 12.1 Å². The van der Waals surface area contributed by atoms with Crippen molar-refractivity contribution in [2.24, 2.45) is 5.73 Å². The van der Waals surface area contributed by atoms with E-state index in [1.165, 1.54) is 0 Å². The molecule has 0 aliphatic carbocycles. The van der Waals surface area contributed by atoms with E-state index in [1.807, 2.05) is 29.8 Å². The van der Waals surface area contributed by atoms with Crippen LogP contribution < -0.4 is 10.5 Å². The van der Waals surface area contributed by atoms with Crippen LogP contribution in [0.15, 0.2) is 28.9 Å². The lowest BCUT2D eigenvalue weighted by Crippen LogP contribution is -2.19. The molecule has 0 amide bonds. The second-order valence-electron chi connectivity index (χ2n) is 5.12. The number of ether oxygens (including phenoxy) is 1. The molecule has 108 valence electrons. The molecule has 0 fully saturated rings. The number of hydrogen-bond donors (Lipinski definition) is 1. The standard InChI is InChI=1S/C15H20BrN3O/c1-9(2)19-15(12(16)8-18-19)14(17)11-6-5-10(3)13(7-11)20-4/h5-9,14H,17H2,1-4H3. The summed E-state index contributed by atoms with van der Waals surface area (Å²) in [7, 11) is 1.67. The summed E-state index contributed by atoms with van der Waals surface area (Å²) in [5.41, 5.74) is 9.51. The van der Waals surface area contributed by atoms with E-state index in [9.17, 15) is 0 Å². The van der Waals surface area contributed by atoms with Crippen molar-refractivity contribution in [1.82, 2.24) is 9.78 Å². The van der Waals surface area contributed by atoms with Crippen molar-refractivity contribution in [2.45, 2.75) is 32.9 Å². The molecule has 20 heavy (non-hydrogen) atoms. The molecule has 4 nitrogen and oxygen atoms in total. The van der Waals surface area contributed by atoms with Crippen molar-refractivity contribution in [3.05, 3.63) is 45.7 Å². The van der Waals surface area contributed by atoms with Crippen LogP contribution in [0, 0.1) is 6.92 Å². The lowest BCUT2D eigenvalue weighted by atomic mass is 10.0. The van der Waals surface area contributed by atoms with Gasteiger partial charge in [-0.05, 0) is 53.9 Å². The third-order valence-corrected chi connectivity index (χ3v) is 3.97. The number of rotatable bonds is 4. The third kappa shape index (κ3) is 2.74. The van der Waals surface area contributed by atoms with Crippen molar-refractivity contribution in [1.29, 1.82) is 0 Å². The van der Waals surface area contributed by atoms with Gasteiger partial charge < -0.3 is 10.5 Å². The van der Waals surface area contributed by atoms with Crippen molar-refractivity contribution in [3.63, 3.8) is 0 Å². The van der Waals surface area contributed by atoms with E-state index in [0.717, 1.165) is 27.0 Å². The molecule has 1 heterocycles. The van der Waals surface area contributed by atoms with Crippen LogP contribution in [0.5, 0.6) is 5.75 Å². The average molecular weight is 338 g/mol. The Balaban J connectivity index is 2.46. The molecular weight excluding hydrogens is 318 g/mol. The molecule has 1 aromatic heterocycles. The van der Waals surface area contributed by atoms with Gasteiger partial charge in [0.15, 0.2) is 0 Å². The monoisotopic (exact) mass is 337 g/mol. The topological polar surface area (TPSA) is 53.1 Å². The van der Waals surface area contributed by atoms with Gasteiger partial charge in [-0.3, -0.25) is 4.68 Å². The second-order valence-corrected chi connectivity index (χ2v) is 5.98. The molecule has 1 atom stereocenters. The molecule has 0 saturated carbocycles. The molecule has 2 N–H and O–H groups in total. The maximum absolute atomic E-state index is 6.43. The van der Waals surface area contributed by atoms with E-state index >= 15 is 0 Å². The third-order valence-electron chi connectivity index (χ3n) is 3.36. The summed E-state index contributed by atoms with van der Waals surface area (Å²) in [5.74, 6) is 0.852. The first-order valence-corrected chi connectivity index (χ1v) is 7.38. The molecule has 0 aliphatic heterocycles. The number of benzene rings is 1. The number of halogens is 1. The largest absolute Gasteiger partial charge is 0.496 e. The maximum atomic E-state index is 6.43. The van der Waals surface area contributed by atoms with Crippen LogP contribution in [0.1, 0.15) is 42.8 Å². The Morgan fingerprint density at radius 2 is 2.05 bits per heavy atom. The average Bonchev–Trinajstić information content (AvgIpc) is 2.80. The van der Waals surface area contributed by atoms with Gasteiger partial charge >= 0.3 is 0 Å². The number of aryl methyl sites for hydroxylation is 1. The number of hydrogen-bond acceptors (Lipinski definition) is 3. The van der Waals surface area contributed by atoms with E-state index in [-0.39, 0.29) is 12.1 Å². The van der Waals surface area contributed by atoms with E-state index in [4.69, 9.17) is 10.5 Å². The summed E-state index contributed by atoms with van der Waals surface area (Å²) in [6.07, 6.45) is 1.79. The fourth-order valence-electron chi connectivity index (χ4n) is 2.24. The summed E-state index contributed by atoms with van der Waals surface area (Å²) in [6.45, 7) is 6.19. The van der Waals surface area contributed by atoms with Crippen LogP contribution in [0.3, 0.4) is 0 Å². The Kier molecular flexibility index (Phi) is 4.50. The van der Waals surface area contributed by atoms with Gasteiger partial charge in [-0.25, -0.2) is 0 Å². The van der Waals surface area contributed by atoms with Gasteiger partial charge in [-0.15, -0.1) is 0 Å². The van der Waals surface area contributed by atoms with E-state index in [1.54, 1.807) is 13.3 Å². The number of nitrogens with zero attached hydrogens (tertiary/aromatic N) is 2. The smallest absolute Gasteiger partial charge is 0.122 e. The minimum absolute atomic E-state index is 0.247. The Labute approximate surface area is 128 Å².